The number of rotatable bonds is 4. The normalized spacial score (nSPS) is 27.0. The van der Waals surface area contributed by atoms with Gasteiger partial charge in [0.25, 0.3) is 0 Å². The van der Waals surface area contributed by atoms with Crippen molar-refractivity contribution in [3.63, 3.8) is 0 Å². The molecular formula is C9H16N2O2S. The average Bonchev–Trinajstić information content (AvgIpc) is 2.43. The van der Waals surface area contributed by atoms with Gasteiger partial charge in [-0.2, -0.15) is 5.26 Å². The maximum Gasteiger partial charge on any atom is 0.150 e. The van der Waals surface area contributed by atoms with Gasteiger partial charge in [0.15, 0.2) is 9.84 Å². The largest absolute Gasteiger partial charge is 0.313 e. The molecule has 0 aromatic carbocycles. The summed E-state index contributed by atoms with van der Waals surface area (Å²) >= 11 is 0. The maximum atomic E-state index is 11.1. The summed E-state index contributed by atoms with van der Waals surface area (Å²) in [6, 6.07) is 2.23. The first-order chi connectivity index (χ1) is 6.53. The van der Waals surface area contributed by atoms with Crippen LogP contribution in [0.15, 0.2) is 0 Å². The molecule has 0 aliphatic carbocycles. The summed E-state index contributed by atoms with van der Waals surface area (Å²) in [5.41, 5.74) is 0. The molecule has 0 aromatic heterocycles. The predicted molar refractivity (Wildman–Crippen MR) is 54.5 cm³/mol. The maximum absolute atomic E-state index is 11.1. The average molecular weight is 216 g/mol. The number of nitriles is 1. The van der Waals surface area contributed by atoms with Crippen molar-refractivity contribution >= 4 is 9.84 Å². The molecule has 2 atom stereocenters. The highest BCUT2D eigenvalue weighted by molar-refractivity contribution is 7.91. The van der Waals surface area contributed by atoms with Crippen molar-refractivity contribution in [1.29, 1.82) is 5.26 Å². The predicted octanol–water partition coefficient (Wildman–Crippen LogP) is 0.313. The minimum Gasteiger partial charge on any atom is -0.313 e. The van der Waals surface area contributed by atoms with E-state index in [1.54, 1.807) is 0 Å². The fourth-order valence-electron chi connectivity index (χ4n) is 1.61. The monoisotopic (exact) mass is 216 g/mol. The Labute approximate surface area is 85.2 Å². The van der Waals surface area contributed by atoms with Gasteiger partial charge in [0.05, 0.1) is 24.0 Å². The molecule has 1 heterocycles. The van der Waals surface area contributed by atoms with Crippen molar-refractivity contribution < 1.29 is 8.42 Å². The van der Waals surface area contributed by atoms with Crippen LogP contribution in [0.3, 0.4) is 0 Å². The van der Waals surface area contributed by atoms with Gasteiger partial charge in [0, 0.05) is 6.04 Å². The molecule has 0 saturated carbocycles. The van der Waals surface area contributed by atoms with E-state index in [9.17, 15) is 8.42 Å². The van der Waals surface area contributed by atoms with Crippen molar-refractivity contribution in [2.24, 2.45) is 5.92 Å². The van der Waals surface area contributed by atoms with Crippen LogP contribution in [0.4, 0.5) is 0 Å². The highest BCUT2D eigenvalue weighted by Gasteiger charge is 2.27. The molecule has 1 N–H and O–H groups in total. The molecule has 0 amide bonds. The van der Waals surface area contributed by atoms with E-state index < -0.39 is 9.84 Å². The van der Waals surface area contributed by atoms with Crippen molar-refractivity contribution in [2.75, 3.05) is 18.1 Å². The molecule has 0 bridgehead atoms. The van der Waals surface area contributed by atoms with Crippen LogP contribution in [0, 0.1) is 17.2 Å². The molecule has 1 rings (SSSR count). The van der Waals surface area contributed by atoms with Gasteiger partial charge in [-0.15, -0.1) is 0 Å². The zero-order valence-corrected chi connectivity index (χ0v) is 9.18. The van der Waals surface area contributed by atoms with E-state index >= 15 is 0 Å². The second-order valence-corrected chi connectivity index (χ2v) is 6.17. The van der Waals surface area contributed by atoms with E-state index in [1.807, 2.05) is 6.92 Å². The number of nitrogens with zero attached hydrogens (tertiary/aromatic N) is 1. The second kappa shape index (κ2) is 4.76. The Bertz CT molecular complexity index is 318. The Hall–Kier alpha value is -0.600. The van der Waals surface area contributed by atoms with Crippen molar-refractivity contribution in [3.8, 4) is 6.07 Å². The molecule has 80 valence electrons. The van der Waals surface area contributed by atoms with E-state index in [4.69, 9.17) is 5.26 Å². The molecule has 5 heteroatoms. The van der Waals surface area contributed by atoms with Gasteiger partial charge in [0.1, 0.15) is 0 Å². The van der Waals surface area contributed by atoms with Gasteiger partial charge in [-0.3, -0.25) is 0 Å². The van der Waals surface area contributed by atoms with Gasteiger partial charge in [-0.05, 0) is 25.8 Å². The molecule has 0 spiro atoms. The topological polar surface area (TPSA) is 70.0 Å². The lowest BCUT2D eigenvalue weighted by atomic mass is 10.1. The summed E-state index contributed by atoms with van der Waals surface area (Å²) in [7, 11) is -2.76. The summed E-state index contributed by atoms with van der Waals surface area (Å²) in [6.07, 6.45) is 1.23. The van der Waals surface area contributed by atoms with Crippen LogP contribution in [0.25, 0.3) is 0 Å². The number of hydrogen-bond donors (Lipinski definition) is 1. The second-order valence-electron chi connectivity index (χ2n) is 3.94. The quantitative estimate of drug-likeness (QED) is 0.734. The van der Waals surface area contributed by atoms with Crippen LogP contribution in [0.5, 0.6) is 0 Å². The highest BCUT2D eigenvalue weighted by atomic mass is 32.2. The molecular weight excluding hydrogens is 200 g/mol. The third kappa shape index (κ3) is 3.64. The van der Waals surface area contributed by atoms with E-state index in [-0.39, 0.29) is 12.0 Å². The van der Waals surface area contributed by atoms with Crippen LogP contribution >= 0.6 is 0 Å². The summed E-state index contributed by atoms with van der Waals surface area (Å²) in [4.78, 5) is 0. The number of sulfone groups is 1. The molecule has 0 radical (unpaired) electrons. The SMILES string of the molecule is CC(CC#N)NCC1CCS(=O)(=O)C1. The van der Waals surface area contributed by atoms with Crippen LogP contribution in [-0.4, -0.2) is 32.5 Å². The molecule has 1 fully saturated rings. The smallest absolute Gasteiger partial charge is 0.150 e. The first-order valence-electron chi connectivity index (χ1n) is 4.84. The fraction of sp³-hybridized carbons (Fsp3) is 0.889. The van der Waals surface area contributed by atoms with E-state index in [0.29, 0.717) is 24.5 Å². The van der Waals surface area contributed by atoms with Crippen molar-refractivity contribution in [1.82, 2.24) is 5.32 Å². The third-order valence-corrected chi connectivity index (χ3v) is 4.32. The third-order valence-electron chi connectivity index (χ3n) is 2.48. The molecule has 2 unspecified atom stereocenters. The summed E-state index contributed by atoms with van der Waals surface area (Å²) in [5.74, 6) is 0.867. The van der Waals surface area contributed by atoms with Gasteiger partial charge < -0.3 is 5.32 Å². The Morgan fingerprint density at radius 3 is 2.86 bits per heavy atom. The zero-order valence-electron chi connectivity index (χ0n) is 8.36. The number of nitrogens with one attached hydrogen (secondary N) is 1. The molecule has 1 aliphatic rings. The van der Waals surface area contributed by atoms with Gasteiger partial charge in [-0.25, -0.2) is 8.42 Å². The van der Waals surface area contributed by atoms with Crippen LogP contribution < -0.4 is 5.32 Å². The van der Waals surface area contributed by atoms with Gasteiger partial charge >= 0.3 is 0 Å². The van der Waals surface area contributed by atoms with Crippen LogP contribution in [0.1, 0.15) is 19.8 Å². The van der Waals surface area contributed by atoms with Crippen molar-refractivity contribution in [3.05, 3.63) is 0 Å². The minimum absolute atomic E-state index is 0.156. The summed E-state index contributed by atoms with van der Waals surface area (Å²) < 4.78 is 22.3. The lowest BCUT2D eigenvalue weighted by Crippen LogP contribution is -2.31. The minimum atomic E-state index is -2.76. The molecule has 1 aliphatic heterocycles. The first kappa shape index (κ1) is 11.5. The Balaban J connectivity index is 2.24. The lowest BCUT2D eigenvalue weighted by Gasteiger charge is -2.13. The Morgan fingerprint density at radius 2 is 2.36 bits per heavy atom. The van der Waals surface area contributed by atoms with E-state index in [2.05, 4.69) is 11.4 Å². The number of hydrogen-bond acceptors (Lipinski definition) is 4. The van der Waals surface area contributed by atoms with E-state index in [0.717, 1.165) is 6.42 Å². The van der Waals surface area contributed by atoms with Gasteiger partial charge in [-0.1, -0.05) is 0 Å². The van der Waals surface area contributed by atoms with Crippen molar-refractivity contribution in [2.45, 2.75) is 25.8 Å². The summed E-state index contributed by atoms with van der Waals surface area (Å²) in [5, 5.41) is 11.6. The standard InChI is InChI=1S/C9H16N2O2S/c1-8(2-4-10)11-6-9-3-5-14(12,13)7-9/h8-9,11H,2-3,5-7H2,1H3. The zero-order chi connectivity index (χ0) is 10.6. The molecule has 1 saturated heterocycles. The van der Waals surface area contributed by atoms with E-state index in [1.165, 1.54) is 0 Å². The van der Waals surface area contributed by atoms with Gasteiger partial charge in [0.2, 0.25) is 0 Å². The molecule has 0 aromatic rings. The first-order valence-corrected chi connectivity index (χ1v) is 6.66. The van der Waals surface area contributed by atoms with Crippen LogP contribution in [-0.2, 0) is 9.84 Å². The van der Waals surface area contributed by atoms with Crippen LogP contribution in [0.2, 0.25) is 0 Å². The Kier molecular flexibility index (Phi) is 3.90. The molecule has 4 nitrogen and oxygen atoms in total. The lowest BCUT2D eigenvalue weighted by molar-refractivity contribution is 0.470. The summed E-state index contributed by atoms with van der Waals surface area (Å²) in [6.45, 7) is 2.65. The Morgan fingerprint density at radius 1 is 1.64 bits per heavy atom. The highest BCUT2D eigenvalue weighted by Crippen LogP contribution is 2.17. The molecule has 14 heavy (non-hydrogen) atoms. The fourth-order valence-corrected chi connectivity index (χ4v) is 3.47.